The topological polar surface area (TPSA) is 26.0 Å². The SMILES string of the molecule is Cc1cc(C(N)c2cc(Cl)ccc2Cl)ccc1Cl. The fourth-order valence-corrected chi connectivity index (χ4v) is 2.33. The van der Waals surface area contributed by atoms with E-state index in [1.54, 1.807) is 18.2 Å². The third-order valence-corrected chi connectivity index (χ3v) is 3.84. The molecule has 1 unspecified atom stereocenters. The van der Waals surface area contributed by atoms with Gasteiger partial charge in [0.1, 0.15) is 0 Å². The third-order valence-electron chi connectivity index (χ3n) is 2.83. The Balaban J connectivity index is 2.44. The Morgan fingerprint density at radius 2 is 1.61 bits per heavy atom. The van der Waals surface area contributed by atoms with E-state index in [2.05, 4.69) is 0 Å². The first-order valence-corrected chi connectivity index (χ1v) is 6.59. The van der Waals surface area contributed by atoms with Crippen LogP contribution in [-0.2, 0) is 0 Å². The molecule has 0 aromatic heterocycles. The van der Waals surface area contributed by atoms with E-state index < -0.39 is 0 Å². The molecule has 4 heteroatoms. The molecule has 0 fully saturated rings. The van der Waals surface area contributed by atoms with Crippen LogP contribution < -0.4 is 5.73 Å². The lowest BCUT2D eigenvalue weighted by molar-refractivity contribution is 0.870. The van der Waals surface area contributed by atoms with Crippen molar-refractivity contribution >= 4 is 34.8 Å². The smallest absolute Gasteiger partial charge is 0.0567 e. The van der Waals surface area contributed by atoms with Crippen molar-refractivity contribution in [3.8, 4) is 0 Å². The van der Waals surface area contributed by atoms with E-state index in [9.17, 15) is 0 Å². The Morgan fingerprint density at radius 1 is 0.944 bits per heavy atom. The molecule has 2 aromatic rings. The molecule has 0 heterocycles. The van der Waals surface area contributed by atoms with Crippen molar-refractivity contribution in [1.29, 1.82) is 0 Å². The summed E-state index contributed by atoms with van der Waals surface area (Å²) in [6, 6.07) is 10.7. The molecule has 2 aromatic carbocycles. The second-order valence-electron chi connectivity index (χ2n) is 4.15. The number of nitrogens with two attached hydrogens (primary N) is 1. The molecule has 0 radical (unpaired) electrons. The van der Waals surface area contributed by atoms with E-state index in [-0.39, 0.29) is 6.04 Å². The molecule has 2 rings (SSSR count). The van der Waals surface area contributed by atoms with E-state index in [0.29, 0.717) is 10.0 Å². The molecule has 0 amide bonds. The third kappa shape index (κ3) is 2.81. The van der Waals surface area contributed by atoms with Crippen molar-refractivity contribution in [3.05, 3.63) is 68.2 Å². The molecule has 2 N–H and O–H groups in total. The summed E-state index contributed by atoms with van der Waals surface area (Å²) >= 11 is 18.1. The van der Waals surface area contributed by atoms with Gasteiger partial charge in [0.25, 0.3) is 0 Å². The Kier molecular flexibility index (Phi) is 4.18. The van der Waals surface area contributed by atoms with Crippen LogP contribution in [0.1, 0.15) is 22.7 Å². The van der Waals surface area contributed by atoms with Crippen LogP contribution in [0.2, 0.25) is 15.1 Å². The van der Waals surface area contributed by atoms with Crippen molar-refractivity contribution in [2.75, 3.05) is 0 Å². The molecular weight excluding hydrogens is 289 g/mol. The number of benzene rings is 2. The minimum Gasteiger partial charge on any atom is -0.320 e. The van der Waals surface area contributed by atoms with E-state index in [1.807, 2.05) is 25.1 Å². The molecule has 0 aliphatic heterocycles. The second kappa shape index (κ2) is 5.50. The van der Waals surface area contributed by atoms with Gasteiger partial charge in [-0.1, -0.05) is 46.9 Å². The zero-order chi connectivity index (χ0) is 13.3. The van der Waals surface area contributed by atoms with Crippen molar-refractivity contribution in [2.45, 2.75) is 13.0 Å². The molecule has 18 heavy (non-hydrogen) atoms. The summed E-state index contributed by atoms with van der Waals surface area (Å²) < 4.78 is 0. The van der Waals surface area contributed by atoms with Crippen molar-refractivity contribution in [1.82, 2.24) is 0 Å². The summed E-state index contributed by atoms with van der Waals surface area (Å²) in [6.07, 6.45) is 0. The molecule has 94 valence electrons. The van der Waals surface area contributed by atoms with Crippen LogP contribution >= 0.6 is 34.8 Å². The fraction of sp³-hybridized carbons (Fsp3) is 0.143. The summed E-state index contributed by atoms with van der Waals surface area (Å²) in [5.74, 6) is 0. The Bertz CT molecular complexity index is 581. The van der Waals surface area contributed by atoms with E-state index in [1.165, 1.54) is 0 Å². The van der Waals surface area contributed by atoms with Gasteiger partial charge in [-0.15, -0.1) is 0 Å². The number of hydrogen-bond donors (Lipinski definition) is 1. The highest BCUT2D eigenvalue weighted by molar-refractivity contribution is 6.33. The molecule has 0 aliphatic rings. The zero-order valence-corrected chi connectivity index (χ0v) is 12.0. The van der Waals surface area contributed by atoms with Gasteiger partial charge in [-0.25, -0.2) is 0 Å². The first-order valence-electron chi connectivity index (χ1n) is 5.45. The monoisotopic (exact) mass is 299 g/mol. The number of hydrogen-bond acceptors (Lipinski definition) is 1. The van der Waals surface area contributed by atoms with Gasteiger partial charge in [-0.05, 0) is 47.9 Å². The summed E-state index contributed by atoms with van der Waals surface area (Å²) in [4.78, 5) is 0. The molecular formula is C14H12Cl3N. The van der Waals surface area contributed by atoms with Gasteiger partial charge in [0.05, 0.1) is 6.04 Å². The van der Waals surface area contributed by atoms with Crippen molar-refractivity contribution in [2.24, 2.45) is 5.73 Å². The highest BCUT2D eigenvalue weighted by atomic mass is 35.5. The average Bonchev–Trinajstić information content (AvgIpc) is 2.35. The fourth-order valence-electron chi connectivity index (χ4n) is 1.79. The highest BCUT2D eigenvalue weighted by Gasteiger charge is 2.13. The van der Waals surface area contributed by atoms with Crippen LogP contribution in [0.25, 0.3) is 0 Å². The Hall–Kier alpha value is -0.730. The zero-order valence-electron chi connectivity index (χ0n) is 9.75. The van der Waals surface area contributed by atoms with Gasteiger partial charge in [0.2, 0.25) is 0 Å². The Labute approximate surface area is 121 Å². The molecule has 0 bridgehead atoms. The van der Waals surface area contributed by atoms with Gasteiger partial charge >= 0.3 is 0 Å². The lowest BCUT2D eigenvalue weighted by Gasteiger charge is -2.15. The number of halogens is 3. The normalized spacial score (nSPS) is 12.5. The minimum atomic E-state index is -0.313. The maximum absolute atomic E-state index is 6.22. The number of aryl methyl sites for hydroxylation is 1. The lowest BCUT2D eigenvalue weighted by Crippen LogP contribution is -2.12. The molecule has 0 saturated carbocycles. The van der Waals surface area contributed by atoms with Gasteiger partial charge in [0, 0.05) is 15.1 Å². The van der Waals surface area contributed by atoms with Gasteiger partial charge in [0.15, 0.2) is 0 Å². The molecule has 1 atom stereocenters. The van der Waals surface area contributed by atoms with Crippen LogP contribution in [0, 0.1) is 6.92 Å². The first-order chi connectivity index (χ1) is 8.49. The summed E-state index contributed by atoms with van der Waals surface area (Å²) in [5.41, 5.74) is 8.98. The van der Waals surface area contributed by atoms with Crippen LogP contribution in [0.3, 0.4) is 0 Å². The van der Waals surface area contributed by atoms with Crippen LogP contribution in [0.15, 0.2) is 36.4 Å². The lowest BCUT2D eigenvalue weighted by atomic mass is 9.98. The maximum atomic E-state index is 6.22. The van der Waals surface area contributed by atoms with Crippen LogP contribution in [-0.4, -0.2) is 0 Å². The maximum Gasteiger partial charge on any atom is 0.0567 e. The van der Waals surface area contributed by atoms with Gasteiger partial charge in [-0.3, -0.25) is 0 Å². The average molecular weight is 301 g/mol. The summed E-state index contributed by atoms with van der Waals surface area (Å²) in [6.45, 7) is 1.94. The summed E-state index contributed by atoms with van der Waals surface area (Å²) in [5, 5.41) is 1.96. The predicted octanol–water partition coefficient (Wildman–Crippen LogP) is 5.00. The molecule has 0 spiro atoms. The number of rotatable bonds is 2. The first kappa shape index (κ1) is 13.7. The highest BCUT2D eigenvalue weighted by Crippen LogP contribution is 2.30. The van der Waals surface area contributed by atoms with Gasteiger partial charge < -0.3 is 5.73 Å². The summed E-state index contributed by atoms with van der Waals surface area (Å²) in [7, 11) is 0. The predicted molar refractivity (Wildman–Crippen MR) is 78.7 cm³/mol. The van der Waals surface area contributed by atoms with Crippen molar-refractivity contribution in [3.63, 3.8) is 0 Å². The second-order valence-corrected chi connectivity index (χ2v) is 5.40. The van der Waals surface area contributed by atoms with Gasteiger partial charge in [-0.2, -0.15) is 0 Å². The van der Waals surface area contributed by atoms with E-state index >= 15 is 0 Å². The largest absolute Gasteiger partial charge is 0.320 e. The van der Waals surface area contributed by atoms with Crippen LogP contribution in [0.4, 0.5) is 0 Å². The quantitative estimate of drug-likeness (QED) is 0.829. The van der Waals surface area contributed by atoms with E-state index in [0.717, 1.165) is 21.7 Å². The molecule has 1 nitrogen and oxygen atoms in total. The molecule has 0 saturated heterocycles. The van der Waals surface area contributed by atoms with Crippen molar-refractivity contribution < 1.29 is 0 Å². The van der Waals surface area contributed by atoms with E-state index in [4.69, 9.17) is 40.5 Å². The molecule has 0 aliphatic carbocycles. The Morgan fingerprint density at radius 3 is 2.28 bits per heavy atom. The minimum absolute atomic E-state index is 0.313. The standard InChI is InChI=1S/C14H12Cl3N/c1-8-6-9(2-4-12(8)16)14(18)11-7-10(15)3-5-13(11)17/h2-7,14H,18H2,1H3. The van der Waals surface area contributed by atoms with Crippen LogP contribution in [0.5, 0.6) is 0 Å².